The molecule has 0 saturated heterocycles. The lowest BCUT2D eigenvalue weighted by atomic mass is 10.0. The Hall–Kier alpha value is -1.94. The molecule has 2 aromatic rings. The number of hydrogen-bond donors (Lipinski definition) is 1. The second kappa shape index (κ2) is 10.1. The number of amides is 1. The monoisotopic (exact) mass is 484 g/mol. The number of nitrogens with one attached hydrogen (secondary N) is 1. The molecule has 1 aromatic carbocycles. The molecular formula is C21H25ClN2O5S2. The highest BCUT2D eigenvalue weighted by molar-refractivity contribution is 7.91. The first-order valence-corrected chi connectivity index (χ1v) is 12.8. The molecule has 0 unspecified atom stereocenters. The number of nitrogens with zero attached hydrogens (tertiary/aromatic N) is 1. The average Bonchev–Trinajstić information content (AvgIpc) is 3.09. The number of esters is 1. The van der Waals surface area contributed by atoms with E-state index in [1.807, 2.05) is 0 Å². The van der Waals surface area contributed by atoms with E-state index in [4.69, 9.17) is 16.3 Å². The standard InChI is InChI=1S/C21H25ClN2O5S2/c1-3-24-11-10-16-17(13-24)30-20(19(16)21(26)29-2)23-18(25)5-4-12-31(27,28)15-8-6-14(22)7-9-15/h6-9H,3-5,10-13H2,1-2H3,(H,23,25). The van der Waals surface area contributed by atoms with Crippen molar-refractivity contribution in [3.63, 3.8) is 0 Å². The number of carbonyl (C=O) groups is 2. The molecule has 0 fully saturated rings. The zero-order valence-corrected chi connectivity index (χ0v) is 19.8. The van der Waals surface area contributed by atoms with Crippen LogP contribution in [0.2, 0.25) is 5.02 Å². The van der Waals surface area contributed by atoms with Gasteiger partial charge in [-0.25, -0.2) is 13.2 Å². The number of benzene rings is 1. The summed E-state index contributed by atoms with van der Waals surface area (Å²) in [7, 11) is -2.18. The van der Waals surface area contributed by atoms with Crippen LogP contribution in [0.15, 0.2) is 29.2 Å². The molecule has 0 atom stereocenters. The fourth-order valence-electron chi connectivity index (χ4n) is 3.50. The van der Waals surface area contributed by atoms with Gasteiger partial charge in [-0.2, -0.15) is 0 Å². The van der Waals surface area contributed by atoms with Gasteiger partial charge in [0.25, 0.3) is 0 Å². The fourth-order valence-corrected chi connectivity index (χ4v) is 6.24. The molecular weight excluding hydrogens is 460 g/mol. The largest absolute Gasteiger partial charge is 0.465 e. The zero-order chi connectivity index (χ0) is 22.6. The number of thiophene rings is 1. The topological polar surface area (TPSA) is 92.8 Å². The number of rotatable bonds is 8. The number of fused-ring (bicyclic) bond motifs is 1. The van der Waals surface area contributed by atoms with Gasteiger partial charge in [0.1, 0.15) is 5.00 Å². The second-order valence-electron chi connectivity index (χ2n) is 7.24. The molecule has 7 nitrogen and oxygen atoms in total. The summed E-state index contributed by atoms with van der Waals surface area (Å²) in [5.41, 5.74) is 1.35. The van der Waals surface area contributed by atoms with Gasteiger partial charge < -0.3 is 10.1 Å². The zero-order valence-electron chi connectivity index (χ0n) is 17.4. The predicted octanol–water partition coefficient (Wildman–Crippen LogP) is 3.76. The highest BCUT2D eigenvalue weighted by Gasteiger charge is 2.29. The first-order valence-electron chi connectivity index (χ1n) is 9.98. The Morgan fingerprint density at radius 3 is 2.61 bits per heavy atom. The van der Waals surface area contributed by atoms with Crippen molar-refractivity contribution in [2.24, 2.45) is 0 Å². The van der Waals surface area contributed by atoms with Crippen LogP contribution >= 0.6 is 22.9 Å². The van der Waals surface area contributed by atoms with E-state index in [-0.39, 0.29) is 29.4 Å². The molecule has 0 radical (unpaired) electrons. The molecule has 1 aliphatic rings. The number of ether oxygens (including phenoxy) is 1. The maximum atomic E-state index is 12.5. The maximum absolute atomic E-state index is 12.5. The van der Waals surface area contributed by atoms with E-state index in [9.17, 15) is 18.0 Å². The number of methoxy groups -OCH3 is 1. The Kier molecular flexibility index (Phi) is 7.74. The fraction of sp³-hybridized carbons (Fsp3) is 0.429. The Labute approximate surface area is 191 Å². The number of sulfone groups is 1. The van der Waals surface area contributed by atoms with Crippen molar-refractivity contribution >= 4 is 49.7 Å². The average molecular weight is 485 g/mol. The molecule has 10 heteroatoms. The van der Waals surface area contributed by atoms with Crippen molar-refractivity contribution in [2.45, 2.75) is 37.6 Å². The lowest BCUT2D eigenvalue weighted by Crippen LogP contribution is -2.29. The van der Waals surface area contributed by atoms with Gasteiger partial charge in [-0.15, -0.1) is 11.3 Å². The number of likely N-dealkylation sites (N-methyl/N-ethyl adjacent to an activating group) is 1. The van der Waals surface area contributed by atoms with E-state index in [0.717, 1.165) is 36.5 Å². The van der Waals surface area contributed by atoms with E-state index < -0.39 is 15.8 Å². The summed E-state index contributed by atoms with van der Waals surface area (Å²) in [6.45, 7) is 4.57. The van der Waals surface area contributed by atoms with E-state index in [2.05, 4.69) is 17.1 Å². The number of carbonyl (C=O) groups excluding carboxylic acids is 2. The van der Waals surface area contributed by atoms with Gasteiger partial charge >= 0.3 is 5.97 Å². The van der Waals surface area contributed by atoms with Crippen molar-refractivity contribution in [3.05, 3.63) is 45.3 Å². The van der Waals surface area contributed by atoms with Crippen LogP contribution in [-0.2, 0) is 32.3 Å². The summed E-state index contributed by atoms with van der Waals surface area (Å²) in [6, 6.07) is 5.95. The van der Waals surface area contributed by atoms with E-state index in [1.54, 1.807) is 0 Å². The van der Waals surface area contributed by atoms with Crippen LogP contribution in [0.5, 0.6) is 0 Å². The smallest absolute Gasteiger partial charge is 0.341 e. The van der Waals surface area contributed by atoms with Crippen LogP contribution in [-0.4, -0.2) is 51.1 Å². The molecule has 1 amide bonds. The molecule has 1 N–H and O–H groups in total. The first kappa shape index (κ1) is 23.7. The highest BCUT2D eigenvalue weighted by atomic mass is 35.5. The van der Waals surface area contributed by atoms with Crippen molar-refractivity contribution < 1.29 is 22.7 Å². The Morgan fingerprint density at radius 1 is 1.26 bits per heavy atom. The third-order valence-corrected chi connectivity index (χ3v) is 8.42. The summed E-state index contributed by atoms with van der Waals surface area (Å²) >= 11 is 7.19. The SMILES string of the molecule is CCN1CCc2c(sc(NC(=O)CCCS(=O)(=O)c3ccc(Cl)cc3)c2C(=O)OC)C1. The van der Waals surface area contributed by atoms with Crippen LogP contribution in [0.3, 0.4) is 0 Å². The molecule has 0 saturated carbocycles. The first-order chi connectivity index (χ1) is 14.7. The quantitative estimate of drug-likeness (QED) is 0.573. The minimum atomic E-state index is -3.50. The van der Waals surface area contributed by atoms with Crippen molar-refractivity contribution in [1.82, 2.24) is 4.90 Å². The summed E-state index contributed by atoms with van der Waals surface area (Å²) in [4.78, 5) is 28.4. The van der Waals surface area contributed by atoms with Crippen molar-refractivity contribution in [2.75, 3.05) is 31.3 Å². The molecule has 168 valence electrons. The maximum Gasteiger partial charge on any atom is 0.341 e. The minimum absolute atomic E-state index is 0.0249. The number of hydrogen-bond acceptors (Lipinski definition) is 7. The van der Waals surface area contributed by atoms with Gasteiger partial charge in [0.15, 0.2) is 9.84 Å². The highest BCUT2D eigenvalue weighted by Crippen LogP contribution is 2.37. The van der Waals surface area contributed by atoms with E-state index >= 15 is 0 Å². The van der Waals surface area contributed by atoms with Gasteiger partial charge in [-0.1, -0.05) is 18.5 Å². The number of anilines is 1. The summed E-state index contributed by atoms with van der Waals surface area (Å²) in [5.74, 6) is -0.955. The van der Waals surface area contributed by atoms with Gasteiger partial charge in [-0.05, 0) is 49.2 Å². The normalized spacial score (nSPS) is 14.2. The molecule has 0 bridgehead atoms. The van der Waals surface area contributed by atoms with Crippen LogP contribution in [0.4, 0.5) is 5.00 Å². The van der Waals surface area contributed by atoms with Crippen molar-refractivity contribution in [3.8, 4) is 0 Å². The summed E-state index contributed by atoms with van der Waals surface area (Å²) in [5, 5.41) is 3.73. The van der Waals surface area contributed by atoms with Crippen LogP contribution in [0, 0.1) is 0 Å². The van der Waals surface area contributed by atoms with Crippen LogP contribution < -0.4 is 5.32 Å². The molecule has 3 rings (SSSR count). The van der Waals surface area contributed by atoms with Gasteiger partial charge in [0.05, 0.1) is 23.3 Å². The second-order valence-corrected chi connectivity index (χ2v) is 10.9. The molecule has 1 aliphatic heterocycles. The summed E-state index contributed by atoms with van der Waals surface area (Å²) < 4.78 is 29.8. The van der Waals surface area contributed by atoms with Gasteiger partial charge in [0, 0.05) is 29.4 Å². The van der Waals surface area contributed by atoms with Crippen LogP contribution in [0.25, 0.3) is 0 Å². The minimum Gasteiger partial charge on any atom is -0.465 e. The lowest BCUT2D eigenvalue weighted by molar-refractivity contribution is -0.116. The summed E-state index contributed by atoms with van der Waals surface area (Å²) in [6.07, 6.45) is 0.912. The molecule has 0 aliphatic carbocycles. The molecule has 2 heterocycles. The molecule has 0 spiro atoms. The van der Waals surface area contributed by atoms with Crippen LogP contribution in [0.1, 0.15) is 40.6 Å². The Morgan fingerprint density at radius 2 is 1.97 bits per heavy atom. The third-order valence-electron chi connectivity index (χ3n) is 5.22. The van der Waals surface area contributed by atoms with E-state index in [0.29, 0.717) is 15.6 Å². The third kappa shape index (κ3) is 5.65. The van der Waals surface area contributed by atoms with Gasteiger partial charge in [-0.3, -0.25) is 9.69 Å². The van der Waals surface area contributed by atoms with E-state index in [1.165, 1.54) is 42.7 Å². The van der Waals surface area contributed by atoms with Gasteiger partial charge in [0.2, 0.25) is 5.91 Å². The lowest BCUT2D eigenvalue weighted by Gasteiger charge is -2.25. The molecule has 1 aromatic heterocycles. The number of halogens is 1. The predicted molar refractivity (Wildman–Crippen MR) is 122 cm³/mol. The molecule has 31 heavy (non-hydrogen) atoms. The van der Waals surface area contributed by atoms with Crippen molar-refractivity contribution in [1.29, 1.82) is 0 Å². The Balaban J connectivity index is 1.66. The Bertz CT molecular complexity index is 1060.